The molecule has 4 nitrogen and oxygen atoms in total. The zero-order chi connectivity index (χ0) is 14.2. The standard InChI is InChI=1S/C15H19N3OS/c1-3-8-16-9-12-10-17-11-15(18-12)19-13-6-4-5-7-14(13)20-2/h4-7,10-11,16H,3,8-9H2,1-2H3. The van der Waals surface area contributed by atoms with E-state index in [0.29, 0.717) is 12.4 Å². The lowest BCUT2D eigenvalue weighted by Crippen LogP contribution is -2.15. The first-order valence-electron chi connectivity index (χ1n) is 6.66. The lowest BCUT2D eigenvalue weighted by Gasteiger charge is -2.09. The van der Waals surface area contributed by atoms with Gasteiger partial charge in [-0.3, -0.25) is 4.98 Å². The van der Waals surface area contributed by atoms with Gasteiger partial charge in [0.15, 0.2) is 0 Å². The first kappa shape index (κ1) is 14.8. The van der Waals surface area contributed by atoms with E-state index in [1.807, 2.05) is 30.5 Å². The number of nitrogens with zero attached hydrogens (tertiary/aromatic N) is 2. The number of hydrogen-bond acceptors (Lipinski definition) is 5. The van der Waals surface area contributed by atoms with Crippen molar-refractivity contribution in [1.82, 2.24) is 15.3 Å². The zero-order valence-corrected chi connectivity index (χ0v) is 12.6. The highest BCUT2D eigenvalue weighted by atomic mass is 32.2. The number of benzene rings is 1. The van der Waals surface area contributed by atoms with Gasteiger partial charge in [0.25, 0.3) is 0 Å². The van der Waals surface area contributed by atoms with Crippen LogP contribution in [0.15, 0.2) is 41.6 Å². The number of nitrogens with one attached hydrogen (secondary N) is 1. The van der Waals surface area contributed by atoms with Gasteiger partial charge in [-0.2, -0.15) is 0 Å². The van der Waals surface area contributed by atoms with Crippen LogP contribution >= 0.6 is 11.8 Å². The molecule has 106 valence electrons. The Morgan fingerprint density at radius 1 is 1.25 bits per heavy atom. The molecule has 0 aliphatic rings. The van der Waals surface area contributed by atoms with Crippen molar-refractivity contribution in [1.29, 1.82) is 0 Å². The molecule has 0 saturated heterocycles. The Bertz CT molecular complexity index is 548. The molecule has 2 aromatic rings. The van der Waals surface area contributed by atoms with Gasteiger partial charge in [-0.15, -0.1) is 11.8 Å². The Morgan fingerprint density at radius 2 is 2.10 bits per heavy atom. The van der Waals surface area contributed by atoms with E-state index in [9.17, 15) is 0 Å². The summed E-state index contributed by atoms with van der Waals surface area (Å²) in [6.07, 6.45) is 6.53. The highest BCUT2D eigenvalue weighted by Crippen LogP contribution is 2.30. The van der Waals surface area contributed by atoms with Crippen molar-refractivity contribution >= 4 is 11.8 Å². The second kappa shape index (κ2) is 7.87. The minimum Gasteiger partial charge on any atom is -0.436 e. The third-order valence-corrected chi connectivity index (χ3v) is 3.46. The van der Waals surface area contributed by atoms with E-state index in [4.69, 9.17) is 4.74 Å². The van der Waals surface area contributed by atoms with Gasteiger partial charge >= 0.3 is 0 Å². The summed E-state index contributed by atoms with van der Waals surface area (Å²) in [6.45, 7) is 3.82. The highest BCUT2D eigenvalue weighted by molar-refractivity contribution is 7.98. The topological polar surface area (TPSA) is 47.0 Å². The number of aromatic nitrogens is 2. The van der Waals surface area contributed by atoms with Crippen molar-refractivity contribution in [3.63, 3.8) is 0 Å². The summed E-state index contributed by atoms with van der Waals surface area (Å²) in [5.74, 6) is 1.34. The van der Waals surface area contributed by atoms with E-state index in [0.717, 1.165) is 29.3 Å². The predicted octanol–water partition coefficient (Wildman–Crippen LogP) is 3.49. The minimum atomic E-state index is 0.530. The number of hydrogen-bond donors (Lipinski definition) is 1. The Morgan fingerprint density at radius 3 is 2.90 bits per heavy atom. The lowest BCUT2D eigenvalue weighted by molar-refractivity contribution is 0.446. The SMILES string of the molecule is CCCNCc1cncc(Oc2ccccc2SC)n1. The van der Waals surface area contributed by atoms with Crippen LogP contribution in [0.2, 0.25) is 0 Å². The molecule has 5 heteroatoms. The van der Waals surface area contributed by atoms with Gasteiger partial charge in [0.2, 0.25) is 5.88 Å². The number of para-hydroxylation sites is 1. The van der Waals surface area contributed by atoms with Gasteiger partial charge in [0.1, 0.15) is 5.75 Å². The van der Waals surface area contributed by atoms with E-state index < -0.39 is 0 Å². The fourth-order valence-corrected chi connectivity index (χ4v) is 2.26. The van der Waals surface area contributed by atoms with Gasteiger partial charge in [0.05, 0.1) is 11.9 Å². The molecule has 0 spiro atoms. The first-order chi connectivity index (χ1) is 9.83. The van der Waals surface area contributed by atoms with Crippen LogP contribution in [0.5, 0.6) is 11.6 Å². The molecule has 0 fully saturated rings. The van der Waals surface area contributed by atoms with Crippen molar-refractivity contribution in [2.75, 3.05) is 12.8 Å². The van der Waals surface area contributed by atoms with Gasteiger partial charge < -0.3 is 10.1 Å². The summed E-state index contributed by atoms with van der Waals surface area (Å²) in [5.41, 5.74) is 0.887. The second-order valence-corrected chi connectivity index (χ2v) is 5.13. The summed E-state index contributed by atoms with van der Waals surface area (Å²) in [5, 5.41) is 3.30. The summed E-state index contributed by atoms with van der Waals surface area (Å²) in [6, 6.07) is 7.92. The highest BCUT2D eigenvalue weighted by Gasteiger charge is 2.05. The molecule has 0 aliphatic carbocycles. The monoisotopic (exact) mass is 289 g/mol. The normalized spacial score (nSPS) is 10.5. The quantitative estimate of drug-likeness (QED) is 0.624. The Kier molecular flexibility index (Phi) is 5.83. The molecule has 1 aromatic heterocycles. The van der Waals surface area contributed by atoms with E-state index in [1.54, 1.807) is 24.2 Å². The summed E-state index contributed by atoms with van der Waals surface area (Å²) >= 11 is 1.65. The average Bonchev–Trinajstić information content (AvgIpc) is 2.48. The average molecular weight is 289 g/mol. The van der Waals surface area contributed by atoms with Crippen LogP contribution in [-0.4, -0.2) is 22.8 Å². The Balaban J connectivity index is 2.07. The molecular formula is C15H19N3OS. The minimum absolute atomic E-state index is 0.530. The summed E-state index contributed by atoms with van der Waals surface area (Å²) in [7, 11) is 0. The summed E-state index contributed by atoms with van der Waals surface area (Å²) in [4.78, 5) is 9.73. The predicted molar refractivity (Wildman–Crippen MR) is 82.3 cm³/mol. The van der Waals surface area contributed by atoms with Gasteiger partial charge in [-0.1, -0.05) is 19.1 Å². The van der Waals surface area contributed by atoms with Crippen LogP contribution in [0, 0.1) is 0 Å². The number of rotatable bonds is 7. The molecular weight excluding hydrogens is 270 g/mol. The molecule has 0 bridgehead atoms. The molecule has 0 saturated carbocycles. The Hall–Kier alpha value is -1.59. The van der Waals surface area contributed by atoms with E-state index >= 15 is 0 Å². The smallest absolute Gasteiger partial charge is 0.238 e. The van der Waals surface area contributed by atoms with Crippen LogP contribution in [0.4, 0.5) is 0 Å². The summed E-state index contributed by atoms with van der Waals surface area (Å²) < 4.78 is 5.83. The molecule has 0 aliphatic heterocycles. The van der Waals surface area contributed by atoms with Crippen molar-refractivity contribution in [2.24, 2.45) is 0 Å². The Labute approximate surface area is 124 Å². The second-order valence-electron chi connectivity index (χ2n) is 4.28. The first-order valence-corrected chi connectivity index (χ1v) is 7.88. The molecule has 20 heavy (non-hydrogen) atoms. The van der Waals surface area contributed by atoms with Crippen LogP contribution in [0.1, 0.15) is 19.0 Å². The van der Waals surface area contributed by atoms with E-state index in [2.05, 4.69) is 22.2 Å². The molecule has 0 unspecified atom stereocenters. The maximum absolute atomic E-state index is 5.83. The van der Waals surface area contributed by atoms with Crippen molar-refractivity contribution in [3.8, 4) is 11.6 Å². The van der Waals surface area contributed by atoms with Gasteiger partial charge in [0, 0.05) is 17.6 Å². The van der Waals surface area contributed by atoms with Gasteiger partial charge in [-0.05, 0) is 31.4 Å². The third kappa shape index (κ3) is 4.21. The molecule has 1 aromatic carbocycles. The third-order valence-electron chi connectivity index (χ3n) is 2.68. The van der Waals surface area contributed by atoms with E-state index in [1.165, 1.54) is 0 Å². The zero-order valence-electron chi connectivity index (χ0n) is 11.8. The van der Waals surface area contributed by atoms with Crippen LogP contribution in [0.25, 0.3) is 0 Å². The van der Waals surface area contributed by atoms with Crippen LogP contribution in [-0.2, 0) is 6.54 Å². The fourth-order valence-electron chi connectivity index (χ4n) is 1.73. The maximum atomic E-state index is 5.83. The largest absolute Gasteiger partial charge is 0.436 e. The van der Waals surface area contributed by atoms with Crippen molar-refractivity contribution in [2.45, 2.75) is 24.8 Å². The van der Waals surface area contributed by atoms with Crippen LogP contribution < -0.4 is 10.1 Å². The number of ether oxygens (including phenoxy) is 1. The van der Waals surface area contributed by atoms with E-state index in [-0.39, 0.29) is 0 Å². The van der Waals surface area contributed by atoms with Crippen LogP contribution in [0.3, 0.4) is 0 Å². The molecule has 0 radical (unpaired) electrons. The maximum Gasteiger partial charge on any atom is 0.238 e. The molecule has 1 N–H and O–H groups in total. The van der Waals surface area contributed by atoms with Crippen molar-refractivity contribution < 1.29 is 4.74 Å². The lowest BCUT2D eigenvalue weighted by atomic mass is 10.3. The van der Waals surface area contributed by atoms with Gasteiger partial charge in [-0.25, -0.2) is 4.98 Å². The fraction of sp³-hybridized carbons (Fsp3) is 0.333. The molecule has 2 rings (SSSR count). The molecule has 0 atom stereocenters. The number of thioether (sulfide) groups is 1. The molecule has 0 amide bonds. The molecule has 1 heterocycles. The van der Waals surface area contributed by atoms with Crippen molar-refractivity contribution in [3.05, 3.63) is 42.4 Å².